The average Bonchev–Trinajstić information content (AvgIpc) is 2.90. The molecule has 1 atom stereocenters. The highest BCUT2D eigenvalue weighted by atomic mass is 19.4. The van der Waals surface area contributed by atoms with Crippen molar-refractivity contribution in [2.75, 3.05) is 18.0 Å². The van der Waals surface area contributed by atoms with Gasteiger partial charge in [0.15, 0.2) is 5.65 Å². The fourth-order valence-corrected chi connectivity index (χ4v) is 2.78. The molecule has 0 radical (unpaired) electrons. The number of alkyl halides is 3. The molecule has 0 spiro atoms. The quantitative estimate of drug-likeness (QED) is 0.913. The lowest BCUT2D eigenvalue weighted by Crippen LogP contribution is -2.40. The largest absolute Gasteiger partial charge is 0.453 e. The van der Waals surface area contributed by atoms with E-state index in [0.29, 0.717) is 11.7 Å². The van der Waals surface area contributed by atoms with Gasteiger partial charge in [0.05, 0.1) is 0 Å². The van der Waals surface area contributed by atoms with Crippen LogP contribution in [0.25, 0.3) is 5.65 Å². The van der Waals surface area contributed by atoms with E-state index in [-0.39, 0.29) is 11.7 Å². The van der Waals surface area contributed by atoms with E-state index in [4.69, 9.17) is 5.73 Å². The van der Waals surface area contributed by atoms with Crippen molar-refractivity contribution in [3.8, 4) is 0 Å². The Balaban J connectivity index is 1.86. The van der Waals surface area contributed by atoms with Crippen LogP contribution >= 0.6 is 0 Å². The zero-order valence-corrected chi connectivity index (χ0v) is 12.1. The molecule has 1 aliphatic heterocycles. The zero-order chi connectivity index (χ0) is 15.9. The fraction of sp³-hybridized carbons (Fsp3) is 0.615. The van der Waals surface area contributed by atoms with E-state index < -0.39 is 12.0 Å². The summed E-state index contributed by atoms with van der Waals surface area (Å²) in [5.74, 6) is -0.156. The van der Waals surface area contributed by atoms with Crippen molar-refractivity contribution in [3.05, 3.63) is 18.0 Å². The SMILES string of the molecule is CC(N)C1CCN(c2ccc3nnc(C(F)(F)F)n3n2)CC1. The van der Waals surface area contributed by atoms with Crippen LogP contribution in [0.5, 0.6) is 0 Å². The lowest BCUT2D eigenvalue weighted by Gasteiger charge is -2.34. The van der Waals surface area contributed by atoms with Gasteiger partial charge in [0.25, 0.3) is 5.82 Å². The molecule has 1 unspecified atom stereocenters. The number of hydrogen-bond donors (Lipinski definition) is 1. The Kier molecular flexibility index (Phi) is 3.67. The van der Waals surface area contributed by atoms with E-state index in [0.717, 1.165) is 30.4 Å². The molecule has 0 aromatic carbocycles. The maximum Gasteiger partial charge on any atom is 0.453 e. The topological polar surface area (TPSA) is 72.3 Å². The molecule has 0 bridgehead atoms. The summed E-state index contributed by atoms with van der Waals surface area (Å²) < 4.78 is 39.4. The van der Waals surface area contributed by atoms with E-state index in [1.807, 2.05) is 11.8 Å². The molecule has 1 fully saturated rings. The second kappa shape index (κ2) is 5.38. The highest BCUT2D eigenvalue weighted by Crippen LogP contribution is 2.28. The van der Waals surface area contributed by atoms with Crippen LogP contribution < -0.4 is 10.6 Å². The summed E-state index contributed by atoms with van der Waals surface area (Å²) in [7, 11) is 0. The monoisotopic (exact) mass is 314 g/mol. The first-order chi connectivity index (χ1) is 10.4. The molecule has 1 aliphatic rings. The molecule has 2 N–H and O–H groups in total. The van der Waals surface area contributed by atoms with Crippen LogP contribution in [0.15, 0.2) is 12.1 Å². The van der Waals surface area contributed by atoms with Gasteiger partial charge >= 0.3 is 6.18 Å². The van der Waals surface area contributed by atoms with Gasteiger partial charge in [-0.25, -0.2) is 0 Å². The predicted octanol–water partition coefficient (Wildman–Crippen LogP) is 1.71. The van der Waals surface area contributed by atoms with E-state index in [2.05, 4.69) is 15.3 Å². The van der Waals surface area contributed by atoms with Crippen LogP contribution in [0.1, 0.15) is 25.6 Å². The third-order valence-electron chi connectivity index (χ3n) is 4.11. The van der Waals surface area contributed by atoms with Crippen molar-refractivity contribution in [2.24, 2.45) is 11.7 Å². The van der Waals surface area contributed by atoms with Gasteiger partial charge in [-0.1, -0.05) is 0 Å². The number of hydrogen-bond acceptors (Lipinski definition) is 5. The number of fused-ring (bicyclic) bond motifs is 1. The van der Waals surface area contributed by atoms with Crippen LogP contribution in [0.2, 0.25) is 0 Å². The first-order valence-electron chi connectivity index (χ1n) is 7.16. The van der Waals surface area contributed by atoms with Gasteiger partial charge in [-0.2, -0.15) is 17.7 Å². The molecule has 3 rings (SSSR count). The van der Waals surface area contributed by atoms with Crippen LogP contribution in [0, 0.1) is 5.92 Å². The minimum Gasteiger partial charge on any atom is -0.355 e. The molecule has 2 aromatic rings. The summed E-state index contributed by atoms with van der Waals surface area (Å²) in [5, 5.41) is 10.7. The molecule has 2 aromatic heterocycles. The number of rotatable bonds is 2. The Morgan fingerprint density at radius 2 is 1.91 bits per heavy atom. The number of nitrogens with two attached hydrogens (primary N) is 1. The molecule has 1 saturated heterocycles. The average molecular weight is 314 g/mol. The molecular formula is C13H17F3N6. The zero-order valence-electron chi connectivity index (χ0n) is 12.1. The molecular weight excluding hydrogens is 297 g/mol. The standard InChI is InChI=1S/C13H17F3N6/c1-8(17)9-4-6-21(7-5-9)11-3-2-10-18-19-12(13(14,15)16)22(10)20-11/h2-3,8-9H,4-7,17H2,1H3. The third kappa shape index (κ3) is 2.72. The van der Waals surface area contributed by atoms with Gasteiger partial charge in [-0.15, -0.1) is 15.3 Å². The first-order valence-corrected chi connectivity index (χ1v) is 7.16. The minimum atomic E-state index is -4.58. The van der Waals surface area contributed by atoms with Crippen molar-refractivity contribution >= 4 is 11.5 Å². The van der Waals surface area contributed by atoms with Crippen molar-refractivity contribution in [1.29, 1.82) is 0 Å². The third-order valence-corrected chi connectivity index (χ3v) is 4.11. The fourth-order valence-electron chi connectivity index (χ4n) is 2.78. The number of halogens is 3. The molecule has 120 valence electrons. The van der Waals surface area contributed by atoms with Gasteiger partial charge in [0, 0.05) is 19.1 Å². The molecule has 0 saturated carbocycles. The van der Waals surface area contributed by atoms with Crippen LogP contribution in [0.4, 0.5) is 19.0 Å². The smallest absolute Gasteiger partial charge is 0.355 e. The predicted molar refractivity (Wildman–Crippen MR) is 74.4 cm³/mol. The Bertz CT molecular complexity index is 657. The molecule has 6 nitrogen and oxygen atoms in total. The second-order valence-electron chi connectivity index (χ2n) is 5.67. The maximum absolute atomic E-state index is 12.9. The Morgan fingerprint density at radius 1 is 1.23 bits per heavy atom. The summed E-state index contributed by atoms with van der Waals surface area (Å²) >= 11 is 0. The van der Waals surface area contributed by atoms with E-state index >= 15 is 0 Å². The van der Waals surface area contributed by atoms with E-state index in [1.54, 1.807) is 6.07 Å². The first kappa shape index (κ1) is 15.0. The van der Waals surface area contributed by atoms with Crippen LogP contribution in [-0.2, 0) is 6.18 Å². The maximum atomic E-state index is 12.9. The molecule has 0 aliphatic carbocycles. The Labute approximate surface area is 125 Å². The molecule has 22 heavy (non-hydrogen) atoms. The highest BCUT2D eigenvalue weighted by molar-refractivity contribution is 5.46. The number of piperidine rings is 1. The van der Waals surface area contributed by atoms with Crippen molar-refractivity contribution in [1.82, 2.24) is 19.8 Å². The number of anilines is 1. The number of nitrogens with zero attached hydrogens (tertiary/aromatic N) is 5. The van der Waals surface area contributed by atoms with Gasteiger partial charge in [0.1, 0.15) is 5.82 Å². The minimum absolute atomic E-state index is 0.0848. The van der Waals surface area contributed by atoms with Gasteiger partial charge in [-0.05, 0) is 37.8 Å². The lowest BCUT2D eigenvalue weighted by atomic mass is 9.91. The van der Waals surface area contributed by atoms with Crippen LogP contribution in [-0.4, -0.2) is 38.9 Å². The molecule has 3 heterocycles. The summed E-state index contributed by atoms with van der Waals surface area (Å²) in [6, 6.07) is 3.31. The van der Waals surface area contributed by atoms with Crippen molar-refractivity contribution < 1.29 is 13.2 Å². The Hall–Kier alpha value is -1.90. The normalized spacial score (nSPS) is 18.9. The number of aromatic nitrogens is 4. The van der Waals surface area contributed by atoms with Crippen molar-refractivity contribution in [3.63, 3.8) is 0 Å². The van der Waals surface area contributed by atoms with Gasteiger partial charge in [0.2, 0.25) is 0 Å². The molecule has 9 heteroatoms. The summed E-state index contributed by atoms with van der Waals surface area (Å²) in [6.45, 7) is 3.44. The lowest BCUT2D eigenvalue weighted by molar-refractivity contribution is -0.146. The summed E-state index contributed by atoms with van der Waals surface area (Å²) in [6.07, 6.45) is -2.76. The van der Waals surface area contributed by atoms with Crippen LogP contribution in [0.3, 0.4) is 0 Å². The highest BCUT2D eigenvalue weighted by Gasteiger charge is 2.37. The second-order valence-corrected chi connectivity index (χ2v) is 5.67. The van der Waals surface area contributed by atoms with E-state index in [1.165, 1.54) is 6.07 Å². The summed E-state index contributed by atoms with van der Waals surface area (Å²) in [4.78, 5) is 1.97. The van der Waals surface area contributed by atoms with E-state index in [9.17, 15) is 13.2 Å². The summed E-state index contributed by atoms with van der Waals surface area (Å²) in [5.41, 5.74) is 5.98. The van der Waals surface area contributed by atoms with Gasteiger partial charge < -0.3 is 10.6 Å². The molecule has 0 amide bonds. The van der Waals surface area contributed by atoms with Crippen molar-refractivity contribution in [2.45, 2.75) is 32.0 Å². The Morgan fingerprint density at radius 3 is 2.50 bits per heavy atom. The van der Waals surface area contributed by atoms with Gasteiger partial charge in [-0.3, -0.25) is 0 Å².